The molecule has 10 heteroatoms. The van der Waals surface area contributed by atoms with E-state index in [1.54, 1.807) is 24.3 Å². The molecule has 0 N–H and O–H groups in total. The van der Waals surface area contributed by atoms with Gasteiger partial charge in [-0.1, -0.05) is 18.2 Å². The lowest BCUT2D eigenvalue weighted by Crippen LogP contribution is -2.30. The van der Waals surface area contributed by atoms with Crippen LogP contribution in [-0.2, 0) is 29.4 Å². The van der Waals surface area contributed by atoms with Crippen LogP contribution in [0.3, 0.4) is 0 Å². The molecule has 0 saturated carbocycles. The van der Waals surface area contributed by atoms with Crippen LogP contribution >= 0.6 is 0 Å². The molecule has 2 aromatic carbocycles. The van der Waals surface area contributed by atoms with Crippen LogP contribution in [0, 0.1) is 0 Å². The average molecular weight is 467 g/mol. The van der Waals surface area contributed by atoms with Crippen LogP contribution in [0.5, 0.6) is 5.75 Å². The molecule has 1 amide bonds. The number of carbonyl (C=O) groups is 1. The summed E-state index contributed by atoms with van der Waals surface area (Å²) in [4.78, 5) is 14.4. The van der Waals surface area contributed by atoms with Gasteiger partial charge < -0.3 is 13.5 Å². The second-order valence-electron chi connectivity index (χ2n) is 6.90. The minimum absolute atomic E-state index is 0.000419. The van der Waals surface area contributed by atoms with Gasteiger partial charge in [0.15, 0.2) is 0 Å². The number of alkyl halides is 3. The highest BCUT2D eigenvalue weighted by Gasteiger charge is 2.31. The van der Waals surface area contributed by atoms with E-state index in [9.17, 15) is 26.4 Å². The Morgan fingerprint density at radius 2 is 1.78 bits per heavy atom. The van der Waals surface area contributed by atoms with Crippen LogP contribution < -0.4 is 4.18 Å². The molecule has 1 aromatic heterocycles. The fourth-order valence-electron chi connectivity index (χ4n) is 2.92. The number of hydrogen-bond donors (Lipinski definition) is 0. The van der Waals surface area contributed by atoms with Crippen LogP contribution in [0.15, 0.2) is 71.3 Å². The van der Waals surface area contributed by atoms with Gasteiger partial charge in [-0.3, -0.25) is 4.79 Å². The third-order valence-electron chi connectivity index (χ3n) is 4.50. The van der Waals surface area contributed by atoms with Gasteiger partial charge in [-0.25, -0.2) is 0 Å². The standard InChI is InChI=1S/C22H20F3NO5S/c1-2-32(28,29)31-19-9-3-6-16(12-19)14-26(15-20-10-5-11-30-20)21(27)17-7-4-8-18(13-17)22(23,24)25/h3-13H,2,14-15H2,1H3. The zero-order chi connectivity index (χ0) is 23.4. The molecule has 170 valence electrons. The van der Waals surface area contributed by atoms with Crippen LogP contribution in [0.4, 0.5) is 13.2 Å². The van der Waals surface area contributed by atoms with Crippen molar-refractivity contribution in [2.24, 2.45) is 0 Å². The summed E-state index contributed by atoms with van der Waals surface area (Å²) in [6.45, 7) is 1.43. The second kappa shape index (κ2) is 9.47. The van der Waals surface area contributed by atoms with Crippen molar-refractivity contribution in [3.63, 3.8) is 0 Å². The first kappa shape index (κ1) is 23.4. The molecule has 0 radical (unpaired) electrons. The van der Waals surface area contributed by atoms with Gasteiger partial charge >= 0.3 is 16.3 Å². The molecule has 0 saturated heterocycles. The van der Waals surface area contributed by atoms with Crippen LogP contribution in [0.2, 0.25) is 0 Å². The van der Waals surface area contributed by atoms with Crippen molar-refractivity contribution in [1.29, 1.82) is 0 Å². The summed E-state index contributed by atoms with van der Waals surface area (Å²) in [5.74, 6) is -0.337. The number of rotatable bonds is 8. The highest BCUT2D eigenvalue weighted by Crippen LogP contribution is 2.30. The zero-order valence-electron chi connectivity index (χ0n) is 17.0. The highest BCUT2D eigenvalue weighted by atomic mass is 32.2. The maximum absolute atomic E-state index is 13.1. The molecule has 3 aromatic rings. The first-order valence-electron chi connectivity index (χ1n) is 9.57. The molecular formula is C22H20F3NO5S. The molecule has 0 aliphatic carbocycles. The van der Waals surface area contributed by atoms with Crippen molar-refractivity contribution >= 4 is 16.0 Å². The van der Waals surface area contributed by atoms with Gasteiger partial charge in [-0.2, -0.15) is 21.6 Å². The molecule has 0 aliphatic rings. The number of halogens is 3. The van der Waals surface area contributed by atoms with Gasteiger partial charge in [0, 0.05) is 12.1 Å². The quantitative estimate of drug-likeness (QED) is 0.442. The van der Waals surface area contributed by atoms with Crippen LogP contribution in [0.1, 0.15) is 34.2 Å². The molecule has 0 bridgehead atoms. The van der Waals surface area contributed by atoms with Crippen molar-refractivity contribution < 1.29 is 35.0 Å². The number of carbonyl (C=O) groups excluding carboxylic acids is 1. The van der Waals surface area contributed by atoms with Crippen LogP contribution in [-0.4, -0.2) is 25.0 Å². The van der Waals surface area contributed by atoms with E-state index in [1.807, 2.05) is 0 Å². The van der Waals surface area contributed by atoms with Gasteiger partial charge in [0.1, 0.15) is 11.5 Å². The maximum Gasteiger partial charge on any atom is 0.416 e. The van der Waals surface area contributed by atoms with Crippen molar-refractivity contribution in [2.75, 3.05) is 5.75 Å². The Morgan fingerprint density at radius 3 is 2.44 bits per heavy atom. The summed E-state index contributed by atoms with van der Waals surface area (Å²) in [5, 5.41) is 0. The number of furan rings is 1. The SMILES string of the molecule is CCS(=O)(=O)Oc1cccc(CN(Cc2ccco2)C(=O)c2cccc(C(F)(F)F)c2)c1. The van der Waals surface area contributed by atoms with E-state index >= 15 is 0 Å². The van der Waals surface area contributed by atoms with Gasteiger partial charge in [0.25, 0.3) is 5.91 Å². The minimum atomic E-state index is -4.58. The van der Waals surface area contributed by atoms with Gasteiger partial charge in [0.2, 0.25) is 0 Å². The molecule has 6 nitrogen and oxygen atoms in total. The number of amides is 1. The third kappa shape index (κ3) is 6.13. The Morgan fingerprint density at radius 1 is 1.03 bits per heavy atom. The van der Waals surface area contributed by atoms with Gasteiger partial charge in [-0.15, -0.1) is 0 Å². The number of benzene rings is 2. The Bertz CT molecular complexity index is 1170. The number of hydrogen-bond acceptors (Lipinski definition) is 5. The first-order chi connectivity index (χ1) is 15.1. The predicted octanol–water partition coefficient (Wildman–Crippen LogP) is 4.87. The van der Waals surface area contributed by atoms with E-state index in [4.69, 9.17) is 8.60 Å². The topological polar surface area (TPSA) is 76.8 Å². The zero-order valence-corrected chi connectivity index (χ0v) is 17.8. The fourth-order valence-corrected chi connectivity index (χ4v) is 3.44. The van der Waals surface area contributed by atoms with Crippen LogP contribution in [0.25, 0.3) is 0 Å². The summed E-state index contributed by atoms with van der Waals surface area (Å²) in [6, 6.07) is 13.6. The molecule has 32 heavy (non-hydrogen) atoms. The fraction of sp³-hybridized carbons (Fsp3) is 0.227. The second-order valence-corrected chi connectivity index (χ2v) is 8.76. The van der Waals surface area contributed by atoms with Crippen molar-refractivity contribution in [3.8, 4) is 5.75 Å². The third-order valence-corrected chi connectivity index (χ3v) is 5.65. The molecule has 3 rings (SSSR count). The normalized spacial score (nSPS) is 11.9. The lowest BCUT2D eigenvalue weighted by Gasteiger charge is -2.23. The maximum atomic E-state index is 13.1. The van der Waals surface area contributed by atoms with Crippen molar-refractivity contribution in [2.45, 2.75) is 26.2 Å². The smallest absolute Gasteiger partial charge is 0.416 e. The van der Waals surface area contributed by atoms with Gasteiger partial charge in [-0.05, 0) is 55.0 Å². The predicted molar refractivity (Wildman–Crippen MR) is 110 cm³/mol. The number of nitrogens with zero attached hydrogens (tertiary/aromatic N) is 1. The molecule has 0 unspecified atom stereocenters. The van der Waals surface area contributed by atoms with E-state index < -0.39 is 27.8 Å². The molecule has 0 fully saturated rings. The Hall–Kier alpha value is -3.27. The Labute approximate surface area is 183 Å². The monoisotopic (exact) mass is 467 g/mol. The first-order valence-corrected chi connectivity index (χ1v) is 11.1. The molecule has 0 spiro atoms. The summed E-state index contributed by atoms with van der Waals surface area (Å²) in [6.07, 6.45) is -3.16. The lowest BCUT2D eigenvalue weighted by atomic mass is 10.1. The largest absolute Gasteiger partial charge is 0.467 e. The highest BCUT2D eigenvalue weighted by molar-refractivity contribution is 7.87. The van der Waals surface area contributed by atoms with Gasteiger partial charge in [0.05, 0.1) is 24.1 Å². The summed E-state index contributed by atoms with van der Waals surface area (Å²) < 4.78 is 73.0. The van der Waals surface area contributed by atoms with E-state index in [1.165, 1.54) is 42.4 Å². The molecule has 1 heterocycles. The van der Waals surface area contributed by atoms with E-state index in [0.717, 1.165) is 12.1 Å². The summed E-state index contributed by atoms with van der Waals surface area (Å²) in [7, 11) is -3.74. The Kier molecular flexibility index (Phi) is 6.93. The average Bonchev–Trinajstić information content (AvgIpc) is 3.25. The van der Waals surface area contributed by atoms with E-state index in [0.29, 0.717) is 11.3 Å². The Balaban J connectivity index is 1.90. The van der Waals surface area contributed by atoms with E-state index in [-0.39, 0.29) is 30.2 Å². The van der Waals surface area contributed by atoms with Crippen molar-refractivity contribution in [1.82, 2.24) is 4.90 Å². The minimum Gasteiger partial charge on any atom is -0.467 e. The molecule has 0 aliphatic heterocycles. The lowest BCUT2D eigenvalue weighted by molar-refractivity contribution is -0.137. The summed E-state index contributed by atoms with van der Waals surface area (Å²) in [5.41, 5.74) is -0.533. The van der Waals surface area contributed by atoms with Crippen molar-refractivity contribution in [3.05, 3.63) is 89.4 Å². The molecular weight excluding hydrogens is 447 g/mol. The molecule has 0 atom stereocenters. The van der Waals surface area contributed by atoms with E-state index in [2.05, 4.69) is 0 Å². The summed E-state index contributed by atoms with van der Waals surface area (Å²) >= 11 is 0.